The summed E-state index contributed by atoms with van der Waals surface area (Å²) in [6.45, 7) is 2.33. The second-order valence-corrected chi connectivity index (χ2v) is 3.86. The Morgan fingerprint density at radius 1 is 1.06 bits per heavy atom. The number of methoxy groups -OCH3 is 1. The van der Waals surface area contributed by atoms with E-state index in [0.29, 0.717) is 32.1 Å². The Morgan fingerprint density at radius 2 is 1.67 bits per heavy atom. The molecule has 0 aromatic heterocycles. The summed E-state index contributed by atoms with van der Waals surface area (Å²) in [5.74, 6) is 0. The van der Waals surface area contributed by atoms with E-state index in [-0.39, 0.29) is 6.61 Å². The molecule has 1 aromatic carbocycles. The summed E-state index contributed by atoms with van der Waals surface area (Å²) in [4.78, 5) is 0. The predicted octanol–water partition coefficient (Wildman–Crippen LogP) is 0.982. The van der Waals surface area contributed by atoms with Crippen molar-refractivity contribution in [2.24, 2.45) is 0 Å². The number of anilines is 1. The fourth-order valence-electron chi connectivity index (χ4n) is 1.37. The van der Waals surface area contributed by atoms with Crippen molar-refractivity contribution in [3.63, 3.8) is 0 Å². The van der Waals surface area contributed by atoms with E-state index < -0.39 is 6.10 Å². The molecule has 1 atom stereocenters. The molecule has 0 aliphatic heterocycles. The molecule has 0 fully saturated rings. The lowest BCUT2D eigenvalue weighted by Gasteiger charge is -2.12. The summed E-state index contributed by atoms with van der Waals surface area (Å²) >= 11 is 0. The van der Waals surface area contributed by atoms with Gasteiger partial charge in [-0.3, -0.25) is 0 Å². The van der Waals surface area contributed by atoms with Gasteiger partial charge in [0.25, 0.3) is 0 Å². The first-order valence-corrected chi connectivity index (χ1v) is 5.92. The minimum atomic E-state index is -0.635. The third-order valence-electron chi connectivity index (χ3n) is 2.40. The molecule has 0 heterocycles. The van der Waals surface area contributed by atoms with Crippen LogP contribution < -0.4 is 5.73 Å². The lowest BCUT2D eigenvalue weighted by atomic mass is 10.1. The quantitative estimate of drug-likeness (QED) is 0.508. The molecular weight excluding hydrogens is 234 g/mol. The van der Waals surface area contributed by atoms with E-state index in [1.54, 1.807) is 31.4 Å². The lowest BCUT2D eigenvalue weighted by molar-refractivity contribution is -0.00590. The molecule has 0 radical (unpaired) electrons. The number of rotatable bonds is 9. The fourth-order valence-corrected chi connectivity index (χ4v) is 1.37. The average Bonchev–Trinajstić information content (AvgIpc) is 2.38. The van der Waals surface area contributed by atoms with Crippen LogP contribution in [0.15, 0.2) is 24.3 Å². The molecule has 102 valence electrons. The zero-order valence-electron chi connectivity index (χ0n) is 10.7. The first-order chi connectivity index (χ1) is 8.74. The van der Waals surface area contributed by atoms with Crippen LogP contribution in [-0.4, -0.2) is 45.3 Å². The van der Waals surface area contributed by atoms with Crippen LogP contribution in [0.5, 0.6) is 0 Å². The summed E-state index contributed by atoms with van der Waals surface area (Å²) in [5.41, 5.74) is 7.04. The minimum Gasteiger partial charge on any atom is -0.399 e. The number of ether oxygens (including phenoxy) is 3. The Labute approximate surface area is 107 Å². The Balaban J connectivity index is 2.10. The molecular formula is C13H21NO4. The van der Waals surface area contributed by atoms with Gasteiger partial charge in [0.2, 0.25) is 0 Å². The standard InChI is InChI=1S/C13H21NO4/c1-16-6-7-17-8-9-18-10-13(15)11-2-4-12(14)5-3-11/h2-5,13,15H,6-10,14H2,1H3. The maximum atomic E-state index is 9.83. The number of nitrogens with two attached hydrogens (primary N) is 1. The molecule has 0 spiro atoms. The van der Waals surface area contributed by atoms with Gasteiger partial charge in [0, 0.05) is 12.8 Å². The molecule has 0 aliphatic carbocycles. The van der Waals surface area contributed by atoms with Crippen molar-refractivity contribution in [2.75, 3.05) is 45.9 Å². The van der Waals surface area contributed by atoms with Crippen LogP contribution in [0, 0.1) is 0 Å². The molecule has 3 N–H and O–H groups in total. The van der Waals surface area contributed by atoms with E-state index in [1.807, 2.05) is 0 Å². The number of hydrogen-bond acceptors (Lipinski definition) is 5. The second kappa shape index (κ2) is 8.88. The van der Waals surface area contributed by atoms with Crippen LogP contribution in [0.25, 0.3) is 0 Å². The Morgan fingerprint density at radius 3 is 2.33 bits per heavy atom. The summed E-state index contributed by atoms with van der Waals surface area (Å²) < 4.78 is 15.4. The minimum absolute atomic E-state index is 0.248. The van der Waals surface area contributed by atoms with Crippen LogP contribution in [0.2, 0.25) is 0 Å². The van der Waals surface area contributed by atoms with Gasteiger partial charge in [-0.15, -0.1) is 0 Å². The predicted molar refractivity (Wildman–Crippen MR) is 69.3 cm³/mol. The summed E-state index contributed by atoms with van der Waals surface area (Å²) in [6, 6.07) is 7.09. The van der Waals surface area contributed by atoms with Crippen LogP contribution >= 0.6 is 0 Å². The summed E-state index contributed by atoms with van der Waals surface area (Å²) in [5, 5.41) is 9.83. The number of aliphatic hydroxyl groups excluding tert-OH is 1. The van der Waals surface area contributed by atoms with Crippen molar-refractivity contribution >= 4 is 5.69 Å². The number of nitrogen functional groups attached to an aromatic ring is 1. The van der Waals surface area contributed by atoms with Gasteiger partial charge in [-0.25, -0.2) is 0 Å². The van der Waals surface area contributed by atoms with E-state index in [2.05, 4.69) is 0 Å². The monoisotopic (exact) mass is 255 g/mol. The number of hydrogen-bond donors (Lipinski definition) is 2. The van der Waals surface area contributed by atoms with E-state index in [4.69, 9.17) is 19.9 Å². The van der Waals surface area contributed by atoms with Crippen molar-refractivity contribution in [1.82, 2.24) is 0 Å². The van der Waals surface area contributed by atoms with Crippen molar-refractivity contribution in [1.29, 1.82) is 0 Å². The fraction of sp³-hybridized carbons (Fsp3) is 0.538. The first kappa shape index (κ1) is 14.9. The molecule has 0 bridgehead atoms. The van der Waals surface area contributed by atoms with E-state index in [9.17, 15) is 5.11 Å². The Hall–Kier alpha value is -1.14. The van der Waals surface area contributed by atoms with Gasteiger partial charge in [0.1, 0.15) is 6.10 Å². The Kier molecular flexibility index (Phi) is 7.36. The molecule has 1 aromatic rings. The molecule has 5 nitrogen and oxygen atoms in total. The zero-order valence-corrected chi connectivity index (χ0v) is 10.7. The maximum absolute atomic E-state index is 9.83. The normalized spacial score (nSPS) is 12.6. The van der Waals surface area contributed by atoms with Crippen molar-refractivity contribution in [2.45, 2.75) is 6.10 Å². The van der Waals surface area contributed by atoms with Gasteiger partial charge < -0.3 is 25.1 Å². The molecule has 0 saturated carbocycles. The first-order valence-electron chi connectivity index (χ1n) is 5.92. The highest BCUT2D eigenvalue weighted by atomic mass is 16.5. The highest BCUT2D eigenvalue weighted by molar-refractivity contribution is 5.39. The van der Waals surface area contributed by atoms with Crippen LogP contribution in [-0.2, 0) is 14.2 Å². The molecule has 5 heteroatoms. The van der Waals surface area contributed by atoms with Crippen LogP contribution in [0.3, 0.4) is 0 Å². The average molecular weight is 255 g/mol. The highest BCUT2D eigenvalue weighted by Crippen LogP contribution is 2.14. The van der Waals surface area contributed by atoms with E-state index in [1.165, 1.54) is 0 Å². The topological polar surface area (TPSA) is 73.9 Å². The van der Waals surface area contributed by atoms with Crippen LogP contribution in [0.1, 0.15) is 11.7 Å². The smallest absolute Gasteiger partial charge is 0.102 e. The Bertz CT molecular complexity index is 315. The maximum Gasteiger partial charge on any atom is 0.102 e. The lowest BCUT2D eigenvalue weighted by Crippen LogP contribution is -2.12. The third kappa shape index (κ3) is 5.97. The molecule has 0 amide bonds. The van der Waals surface area contributed by atoms with Crippen molar-refractivity contribution in [3.8, 4) is 0 Å². The SMILES string of the molecule is COCCOCCOCC(O)c1ccc(N)cc1. The van der Waals surface area contributed by atoms with Crippen molar-refractivity contribution < 1.29 is 19.3 Å². The molecule has 0 aliphatic rings. The van der Waals surface area contributed by atoms with Gasteiger partial charge in [-0.05, 0) is 17.7 Å². The third-order valence-corrected chi connectivity index (χ3v) is 2.40. The number of aliphatic hydroxyl groups is 1. The van der Waals surface area contributed by atoms with E-state index in [0.717, 1.165) is 5.56 Å². The summed E-state index contributed by atoms with van der Waals surface area (Å²) in [7, 11) is 1.63. The van der Waals surface area contributed by atoms with Gasteiger partial charge in [0.05, 0.1) is 33.0 Å². The highest BCUT2D eigenvalue weighted by Gasteiger charge is 2.06. The van der Waals surface area contributed by atoms with Gasteiger partial charge >= 0.3 is 0 Å². The van der Waals surface area contributed by atoms with Gasteiger partial charge in [-0.1, -0.05) is 12.1 Å². The molecule has 0 saturated heterocycles. The van der Waals surface area contributed by atoms with Gasteiger partial charge in [-0.2, -0.15) is 0 Å². The van der Waals surface area contributed by atoms with Crippen molar-refractivity contribution in [3.05, 3.63) is 29.8 Å². The summed E-state index contributed by atoms with van der Waals surface area (Å²) in [6.07, 6.45) is -0.635. The largest absolute Gasteiger partial charge is 0.399 e. The molecule has 1 unspecified atom stereocenters. The zero-order chi connectivity index (χ0) is 13.2. The molecule has 18 heavy (non-hydrogen) atoms. The number of benzene rings is 1. The molecule has 1 rings (SSSR count). The van der Waals surface area contributed by atoms with Gasteiger partial charge in [0.15, 0.2) is 0 Å². The second-order valence-electron chi connectivity index (χ2n) is 3.86. The van der Waals surface area contributed by atoms with E-state index >= 15 is 0 Å². The van der Waals surface area contributed by atoms with Crippen LogP contribution in [0.4, 0.5) is 5.69 Å².